The third-order valence-electron chi connectivity index (χ3n) is 5.01. The van der Waals surface area contributed by atoms with Crippen molar-refractivity contribution in [1.29, 1.82) is 0 Å². The predicted molar refractivity (Wildman–Crippen MR) is 109 cm³/mol. The highest BCUT2D eigenvalue weighted by Gasteiger charge is 2.27. The van der Waals surface area contributed by atoms with Crippen molar-refractivity contribution in [2.24, 2.45) is 11.1 Å². The molecule has 7 nitrogen and oxygen atoms in total. The van der Waals surface area contributed by atoms with Crippen LogP contribution in [0.5, 0.6) is 0 Å². The second kappa shape index (κ2) is 8.29. The van der Waals surface area contributed by atoms with Gasteiger partial charge in [-0.25, -0.2) is 9.78 Å². The average molecular weight is 431 g/mol. The number of carbonyl (C=O) groups excluding carboxylic acids is 1. The maximum atomic E-state index is 12.2. The van der Waals surface area contributed by atoms with Crippen LogP contribution in [0.2, 0.25) is 0 Å². The molecule has 0 bridgehead atoms. The summed E-state index contributed by atoms with van der Waals surface area (Å²) in [6, 6.07) is 9.48. The van der Waals surface area contributed by atoms with Crippen LogP contribution in [0.4, 0.5) is 23.7 Å². The van der Waals surface area contributed by atoms with Crippen molar-refractivity contribution < 1.29 is 23.2 Å². The highest BCUT2D eigenvalue weighted by atomic mass is 19.4. The first-order valence-corrected chi connectivity index (χ1v) is 9.73. The number of halogens is 3. The van der Waals surface area contributed by atoms with Crippen molar-refractivity contribution in [2.75, 3.05) is 11.9 Å². The number of urea groups is 1. The van der Waals surface area contributed by atoms with Gasteiger partial charge in [-0.15, -0.1) is 0 Å². The van der Waals surface area contributed by atoms with Gasteiger partial charge in [-0.05, 0) is 49.4 Å². The van der Waals surface area contributed by atoms with Gasteiger partial charge in [0.15, 0.2) is 0 Å². The molecule has 2 heterocycles. The third kappa shape index (κ3) is 5.14. The number of imidazole rings is 1. The lowest BCUT2D eigenvalue weighted by Crippen LogP contribution is -2.36. The smallest absolute Gasteiger partial charge is 0.405 e. The molecule has 2 aromatic heterocycles. The molecule has 0 spiro atoms. The fourth-order valence-electron chi connectivity index (χ4n) is 3.30. The maximum Gasteiger partial charge on any atom is 0.405 e. The molecule has 1 fully saturated rings. The van der Waals surface area contributed by atoms with E-state index in [1.165, 1.54) is 0 Å². The molecule has 1 saturated carbocycles. The van der Waals surface area contributed by atoms with E-state index in [0.29, 0.717) is 23.0 Å². The summed E-state index contributed by atoms with van der Waals surface area (Å²) in [4.78, 5) is 16.1. The molecule has 1 aliphatic rings. The summed E-state index contributed by atoms with van der Waals surface area (Å²) < 4.78 is 38.6. The number of alkyl halides is 3. The molecule has 3 aromatic rings. The molecule has 2 amide bonds. The molecule has 0 saturated heterocycles. The Bertz CT molecular complexity index is 1140. The molecule has 0 atom stereocenters. The minimum atomic E-state index is -4.48. The molecule has 3 N–H and O–H groups in total. The zero-order chi connectivity index (χ0) is 22.0. The number of nitrogens with zero attached hydrogens (tertiary/aromatic N) is 3. The van der Waals surface area contributed by atoms with E-state index in [1.807, 2.05) is 28.8 Å². The Hall–Kier alpha value is -3.56. The maximum absolute atomic E-state index is 12.2. The SMILES string of the molecule is O=C(NCC(F)(F)F)Nc1cccc(-c2cnc3cc(C(CC4CC4)=NO)ccn23)c1. The number of amides is 2. The molecular formula is C21H20F3N5O2. The van der Waals surface area contributed by atoms with Crippen molar-refractivity contribution in [2.45, 2.75) is 25.4 Å². The molecular weight excluding hydrogens is 411 g/mol. The summed E-state index contributed by atoms with van der Waals surface area (Å²) in [5.74, 6) is 0.570. The number of carbonyl (C=O) groups is 1. The Labute approximate surface area is 175 Å². The fourth-order valence-corrected chi connectivity index (χ4v) is 3.30. The number of pyridine rings is 1. The summed E-state index contributed by atoms with van der Waals surface area (Å²) in [5, 5.41) is 17.0. The summed E-state index contributed by atoms with van der Waals surface area (Å²) in [6.45, 7) is -1.41. The fraction of sp³-hybridized carbons (Fsp3) is 0.286. The first kappa shape index (κ1) is 20.7. The van der Waals surface area contributed by atoms with E-state index in [4.69, 9.17) is 0 Å². The number of fused-ring (bicyclic) bond motifs is 1. The number of anilines is 1. The van der Waals surface area contributed by atoms with Gasteiger partial charge in [-0.1, -0.05) is 17.3 Å². The lowest BCUT2D eigenvalue weighted by molar-refractivity contribution is -0.122. The molecule has 0 aliphatic heterocycles. The van der Waals surface area contributed by atoms with Crippen LogP contribution in [0.25, 0.3) is 16.9 Å². The minimum absolute atomic E-state index is 0.350. The zero-order valence-corrected chi connectivity index (χ0v) is 16.4. The highest BCUT2D eigenvalue weighted by molar-refractivity contribution is 6.01. The van der Waals surface area contributed by atoms with Crippen molar-refractivity contribution in [3.63, 3.8) is 0 Å². The van der Waals surface area contributed by atoms with Crippen molar-refractivity contribution >= 4 is 23.1 Å². The largest absolute Gasteiger partial charge is 0.411 e. The lowest BCUT2D eigenvalue weighted by atomic mass is 10.1. The van der Waals surface area contributed by atoms with Gasteiger partial charge in [-0.2, -0.15) is 13.2 Å². The second-order valence-corrected chi connectivity index (χ2v) is 7.48. The van der Waals surface area contributed by atoms with Crippen LogP contribution in [-0.2, 0) is 0 Å². The van der Waals surface area contributed by atoms with Crippen LogP contribution < -0.4 is 10.6 Å². The number of benzene rings is 1. The van der Waals surface area contributed by atoms with Gasteiger partial charge in [0, 0.05) is 23.0 Å². The average Bonchev–Trinajstić information content (AvgIpc) is 3.46. The quantitative estimate of drug-likeness (QED) is 0.301. The molecule has 162 valence electrons. The van der Waals surface area contributed by atoms with Crippen LogP contribution in [0.3, 0.4) is 0 Å². The monoisotopic (exact) mass is 431 g/mol. The Balaban J connectivity index is 1.53. The zero-order valence-electron chi connectivity index (χ0n) is 16.4. The van der Waals surface area contributed by atoms with E-state index >= 15 is 0 Å². The van der Waals surface area contributed by atoms with E-state index < -0.39 is 18.8 Å². The summed E-state index contributed by atoms with van der Waals surface area (Å²) in [6.07, 6.45) is 2.03. The Morgan fingerprint density at radius 1 is 1.26 bits per heavy atom. The molecule has 1 aromatic carbocycles. The number of aromatic nitrogens is 2. The lowest BCUT2D eigenvalue weighted by Gasteiger charge is -2.11. The van der Waals surface area contributed by atoms with Gasteiger partial charge < -0.3 is 15.8 Å². The van der Waals surface area contributed by atoms with Gasteiger partial charge in [0.25, 0.3) is 0 Å². The molecule has 10 heteroatoms. The second-order valence-electron chi connectivity index (χ2n) is 7.48. The van der Waals surface area contributed by atoms with E-state index in [0.717, 1.165) is 36.1 Å². The van der Waals surface area contributed by atoms with Crippen molar-refractivity contribution in [3.8, 4) is 11.3 Å². The Morgan fingerprint density at radius 3 is 2.77 bits per heavy atom. The van der Waals surface area contributed by atoms with E-state index in [2.05, 4.69) is 15.5 Å². The van der Waals surface area contributed by atoms with Crippen LogP contribution in [0.1, 0.15) is 24.8 Å². The van der Waals surface area contributed by atoms with Crippen LogP contribution in [0.15, 0.2) is 53.9 Å². The number of nitrogens with one attached hydrogen (secondary N) is 2. The summed E-state index contributed by atoms with van der Waals surface area (Å²) in [5.41, 5.74) is 3.91. The first-order chi connectivity index (χ1) is 14.8. The van der Waals surface area contributed by atoms with Gasteiger partial charge >= 0.3 is 12.2 Å². The van der Waals surface area contributed by atoms with E-state index in [1.54, 1.807) is 29.7 Å². The minimum Gasteiger partial charge on any atom is -0.411 e. The first-order valence-electron chi connectivity index (χ1n) is 9.73. The number of hydrogen-bond acceptors (Lipinski definition) is 4. The normalized spacial score (nSPS) is 14.6. The van der Waals surface area contributed by atoms with Gasteiger partial charge in [0.05, 0.1) is 17.6 Å². The van der Waals surface area contributed by atoms with Crippen LogP contribution >= 0.6 is 0 Å². The van der Waals surface area contributed by atoms with Gasteiger partial charge in [-0.3, -0.25) is 4.40 Å². The van der Waals surface area contributed by atoms with Crippen molar-refractivity contribution in [1.82, 2.24) is 14.7 Å². The molecule has 31 heavy (non-hydrogen) atoms. The molecule has 4 rings (SSSR count). The molecule has 1 aliphatic carbocycles. The molecule has 0 unspecified atom stereocenters. The van der Waals surface area contributed by atoms with Crippen molar-refractivity contribution in [3.05, 3.63) is 54.4 Å². The number of rotatable bonds is 6. The topological polar surface area (TPSA) is 91.0 Å². The number of hydrogen-bond donors (Lipinski definition) is 3. The van der Waals surface area contributed by atoms with Gasteiger partial charge in [0.1, 0.15) is 12.2 Å². The Kier molecular flexibility index (Phi) is 5.53. The van der Waals surface area contributed by atoms with E-state index in [9.17, 15) is 23.2 Å². The number of oxime groups is 1. The Morgan fingerprint density at radius 2 is 2.06 bits per heavy atom. The predicted octanol–water partition coefficient (Wildman–Crippen LogP) is 4.66. The van der Waals surface area contributed by atoms with E-state index in [-0.39, 0.29) is 0 Å². The third-order valence-corrected chi connectivity index (χ3v) is 5.01. The summed E-state index contributed by atoms with van der Waals surface area (Å²) >= 11 is 0. The molecule has 0 radical (unpaired) electrons. The summed E-state index contributed by atoms with van der Waals surface area (Å²) in [7, 11) is 0. The van der Waals surface area contributed by atoms with Crippen LogP contribution in [-0.4, -0.2) is 39.1 Å². The van der Waals surface area contributed by atoms with Gasteiger partial charge in [0.2, 0.25) is 0 Å². The standard InChI is InChI=1S/C21H20F3N5O2/c22-21(23,24)12-26-20(30)27-16-3-1-2-15(9-16)18-11-25-19-10-14(6-7-29(18)19)17(28-31)8-13-4-5-13/h1-3,6-7,9-11,13,31H,4-5,8,12H2,(H2,26,27,30). The highest BCUT2D eigenvalue weighted by Crippen LogP contribution is 2.34. The van der Waals surface area contributed by atoms with Crippen LogP contribution in [0, 0.1) is 5.92 Å².